The van der Waals surface area contributed by atoms with Crippen molar-refractivity contribution in [1.29, 1.82) is 0 Å². The Morgan fingerprint density at radius 1 is 0.683 bits per heavy atom. The summed E-state index contributed by atoms with van der Waals surface area (Å²) in [5.41, 5.74) is 10.3. The van der Waals surface area contributed by atoms with Crippen LogP contribution in [0.25, 0.3) is 0 Å². The average Bonchev–Trinajstić information content (AvgIpc) is 3.16. The minimum atomic E-state index is -1.38. The van der Waals surface area contributed by atoms with Gasteiger partial charge in [0.15, 0.2) is 11.6 Å². The molecule has 17 heteroatoms. The third-order valence-corrected chi connectivity index (χ3v) is 11.3. The van der Waals surface area contributed by atoms with E-state index in [1.165, 1.54) is 0 Å². The van der Waals surface area contributed by atoms with Crippen LogP contribution in [-0.4, -0.2) is 82.3 Å². The van der Waals surface area contributed by atoms with Crippen molar-refractivity contribution in [1.82, 2.24) is 10.6 Å². The molecule has 0 aliphatic heterocycles. The highest BCUT2D eigenvalue weighted by Crippen LogP contribution is 2.45. The summed E-state index contributed by atoms with van der Waals surface area (Å²) in [6, 6.07) is 12.4. The van der Waals surface area contributed by atoms with E-state index in [9.17, 15) is 43.5 Å². The Balaban J connectivity index is 0.000000321. The zero-order valence-electron chi connectivity index (χ0n) is 34.2. The van der Waals surface area contributed by atoms with Crippen LogP contribution in [0.15, 0.2) is 48.5 Å². The summed E-state index contributed by atoms with van der Waals surface area (Å²) in [5.74, 6) is -4.09. The van der Waals surface area contributed by atoms with Gasteiger partial charge in [-0.25, -0.2) is 9.59 Å². The molecular weight excluding hydrogens is 778 g/mol. The fraction of sp³-hybridized carbons (Fsp3) is 0.535. The van der Waals surface area contributed by atoms with Crippen LogP contribution >= 0.6 is 0 Å². The number of Topliss-reactive ketones (excluding diaryl/α,β-unsaturated/α-hetero) is 3. The number of aliphatic carboxylic acids is 1. The Hall–Kier alpha value is -5.68. The lowest BCUT2D eigenvalue weighted by Crippen LogP contribution is -2.47. The SMILES string of the molecule is CCOC(=O)C1(C(=O)C[C@@H](CCCNC(N)=O)C(=O)Cc2ccc(CO)cc2)CCC1.NC(=O)NCCC[C@H](CC(=O)C1(C(=O)O)CCC1)C(=O)Nc1ccc(CO)cc1. The molecular formula is C43H59N5O12. The number of aliphatic hydroxyl groups is 2. The number of urea groups is 2. The van der Waals surface area contributed by atoms with E-state index in [4.69, 9.17) is 26.4 Å². The number of nitrogens with one attached hydrogen (secondary N) is 3. The largest absolute Gasteiger partial charge is 0.480 e. The van der Waals surface area contributed by atoms with Gasteiger partial charge in [0, 0.05) is 49.9 Å². The normalized spacial score (nSPS) is 15.5. The van der Waals surface area contributed by atoms with Crippen LogP contribution in [0.4, 0.5) is 15.3 Å². The van der Waals surface area contributed by atoms with E-state index in [0.717, 1.165) is 17.5 Å². The molecule has 0 spiro atoms. The zero-order valence-corrected chi connectivity index (χ0v) is 34.2. The molecule has 2 saturated carbocycles. The van der Waals surface area contributed by atoms with Crippen LogP contribution in [-0.2, 0) is 53.1 Å². The highest BCUT2D eigenvalue weighted by molar-refractivity contribution is 6.07. The number of esters is 1. The fourth-order valence-electron chi connectivity index (χ4n) is 7.25. The van der Waals surface area contributed by atoms with Gasteiger partial charge in [-0.15, -0.1) is 0 Å². The molecule has 0 unspecified atom stereocenters. The summed E-state index contributed by atoms with van der Waals surface area (Å²) < 4.78 is 5.13. The van der Waals surface area contributed by atoms with Crippen LogP contribution in [0, 0.1) is 22.7 Å². The van der Waals surface area contributed by atoms with Crippen molar-refractivity contribution in [2.75, 3.05) is 25.0 Å². The molecule has 0 heterocycles. The maximum atomic E-state index is 13.1. The van der Waals surface area contributed by atoms with Crippen LogP contribution in [0.1, 0.15) is 101 Å². The third-order valence-electron chi connectivity index (χ3n) is 11.3. The molecule has 0 aromatic heterocycles. The van der Waals surface area contributed by atoms with Gasteiger partial charge in [-0.2, -0.15) is 0 Å². The highest BCUT2D eigenvalue weighted by atomic mass is 16.5. The number of carbonyl (C=O) groups is 8. The van der Waals surface area contributed by atoms with Gasteiger partial charge < -0.3 is 47.5 Å². The van der Waals surface area contributed by atoms with Crippen molar-refractivity contribution >= 4 is 52.9 Å². The molecule has 328 valence electrons. The monoisotopic (exact) mass is 837 g/mol. The molecule has 0 radical (unpaired) electrons. The number of carboxylic acid groups (broad SMARTS) is 1. The van der Waals surface area contributed by atoms with Gasteiger partial charge in [0.05, 0.1) is 19.8 Å². The lowest BCUT2D eigenvalue weighted by molar-refractivity contribution is -0.167. The molecule has 2 atom stereocenters. The maximum Gasteiger partial charge on any atom is 0.319 e. The predicted molar refractivity (Wildman–Crippen MR) is 219 cm³/mol. The van der Waals surface area contributed by atoms with Gasteiger partial charge in [-0.3, -0.25) is 28.8 Å². The van der Waals surface area contributed by atoms with Gasteiger partial charge in [0.25, 0.3) is 0 Å². The Kier molecular flexibility index (Phi) is 19.3. The number of primary amides is 2. The van der Waals surface area contributed by atoms with Crippen molar-refractivity contribution < 1.29 is 58.4 Å². The number of nitrogens with two attached hydrogens (primary N) is 2. The first kappa shape index (κ1) is 48.7. The number of carbonyl (C=O) groups excluding carboxylic acids is 7. The molecule has 2 fully saturated rings. The molecule has 60 heavy (non-hydrogen) atoms. The number of benzene rings is 2. The molecule has 5 amide bonds. The summed E-state index contributed by atoms with van der Waals surface area (Å²) >= 11 is 0. The van der Waals surface area contributed by atoms with Gasteiger partial charge >= 0.3 is 24.0 Å². The van der Waals surface area contributed by atoms with Crippen molar-refractivity contribution in [3.8, 4) is 0 Å². The topological polar surface area (TPSA) is 295 Å². The van der Waals surface area contributed by atoms with Gasteiger partial charge in [-0.1, -0.05) is 49.2 Å². The summed E-state index contributed by atoms with van der Waals surface area (Å²) in [7, 11) is 0. The number of hydrogen-bond donors (Lipinski definition) is 8. The van der Waals surface area contributed by atoms with Gasteiger partial charge in [-0.05, 0) is 87.1 Å². The van der Waals surface area contributed by atoms with Crippen LogP contribution in [0.2, 0.25) is 0 Å². The molecule has 2 aromatic rings. The van der Waals surface area contributed by atoms with Crippen molar-refractivity contribution in [3.05, 3.63) is 65.2 Å². The van der Waals surface area contributed by atoms with E-state index in [1.54, 1.807) is 55.5 Å². The smallest absolute Gasteiger partial charge is 0.319 e. The predicted octanol–water partition coefficient (Wildman–Crippen LogP) is 3.44. The van der Waals surface area contributed by atoms with E-state index in [-0.39, 0.29) is 57.2 Å². The van der Waals surface area contributed by atoms with E-state index in [2.05, 4.69) is 16.0 Å². The maximum absolute atomic E-state index is 13.1. The van der Waals surface area contributed by atoms with Gasteiger partial charge in [0.1, 0.15) is 16.6 Å². The van der Waals surface area contributed by atoms with E-state index >= 15 is 0 Å². The summed E-state index contributed by atoms with van der Waals surface area (Å²) in [6.07, 6.45) is 4.50. The van der Waals surface area contributed by atoms with Crippen molar-refractivity contribution in [2.45, 2.75) is 104 Å². The zero-order chi connectivity index (χ0) is 44.3. The third kappa shape index (κ3) is 14.0. The standard InChI is InChI=1S/C23H32N2O6.C20H27N3O6/c1-2-31-21(29)23(10-4-11-23)20(28)14-18(5-3-12-25-22(24)30)19(27)13-16-6-8-17(15-26)9-7-16;21-19(29)22-10-1-3-14(11-16(25)20(18(27)28)8-2-9-20)17(26)23-15-6-4-13(12-24)5-7-15/h6-9,18,26H,2-5,10-15H2,1H3,(H3,24,25,30);4-7,14,24H,1-3,8-12H2,(H,23,26)(H,27,28)(H3,21,22,29)/t18-;14-/m11/s1. The summed E-state index contributed by atoms with van der Waals surface area (Å²) in [5, 5.41) is 35.4. The number of rotatable bonds is 24. The number of ether oxygens (including phenoxy) is 1. The number of ketones is 3. The second-order valence-electron chi connectivity index (χ2n) is 15.4. The molecule has 2 aromatic carbocycles. The first-order valence-corrected chi connectivity index (χ1v) is 20.4. The molecule has 17 nitrogen and oxygen atoms in total. The number of carboxylic acids is 1. The Bertz CT molecular complexity index is 1810. The molecule has 2 aliphatic rings. The lowest BCUT2D eigenvalue weighted by atomic mass is 9.64. The van der Waals surface area contributed by atoms with E-state index < -0.39 is 58.4 Å². The van der Waals surface area contributed by atoms with Crippen LogP contribution in [0.3, 0.4) is 0 Å². The molecule has 10 N–H and O–H groups in total. The molecule has 0 saturated heterocycles. The van der Waals surface area contributed by atoms with Crippen LogP contribution in [0.5, 0.6) is 0 Å². The molecule has 2 aliphatic carbocycles. The lowest BCUT2D eigenvalue weighted by Gasteiger charge is -2.38. The van der Waals surface area contributed by atoms with E-state index in [0.29, 0.717) is 75.6 Å². The molecule has 4 rings (SSSR count). The summed E-state index contributed by atoms with van der Waals surface area (Å²) in [6.45, 7) is 2.28. The van der Waals surface area contributed by atoms with E-state index in [1.807, 2.05) is 0 Å². The Morgan fingerprint density at radius 2 is 1.13 bits per heavy atom. The van der Waals surface area contributed by atoms with Crippen LogP contribution < -0.4 is 27.4 Å². The number of aliphatic hydroxyl groups excluding tert-OH is 2. The minimum absolute atomic E-state index is 0.0249. The first-order chi connectivity index (χ1) is 28.6. The highest BCUT2D eigenvalue weighted by Gasteiger charge is 2.52. The second kappa shape index (κ2) is 23.8. The number of amides is 5. The Morgan fingerprint density at radius 3 is 1.57 bits per heavy atom. The minimum Gasteiger partial charge on any atom is -0.480 e. The molecule has 0 bridgehead atoms. The Labute approximate surface area is 349 Å². The fourth-order valence-corrected chi connectivity index (χ4v) is 7.25. The van der Waals surface area contributed by atoms with Crippen molar-refractivity contribution in [3.63, 3.8) is 0 Å². The van der Waals surface area contributed by atoms with Crippen molar-refractivity contribution in [2.24, 2.45) is 34.1 Å². The second-order valence-corrected chi connectivity index (χ2v) is 15.4. The first-order valence-electron chi connectivity index (χ1n) is 20.4. The number of hydrogen-bond acceptors (Lipinski definition) is 11. The van der Waals surface area contributed by atoms with Gasteiger partial charge in [0.2, 0.25) is 5.91 Å². The number of anilines is 1. The quantitative estimate of drug-likeness (QED) is 0.0429. The summed E-state index contributed by atoms with van der Waals surface area (Å²) in [4.78, 5) is 97.3. The average molecular weight is 838 g/mol.